The van der Waals surface area contributed by atoms with Crippen LogP contribution in [0, 0.1) is 6.92 Å². The molecule has 82 valence electrons. The predicted molar refractivity (Wildman–Crippen MR) is 63.6 cm³/mol. The van der Waals surface area contributed by atoms with Gasteiger partial charge in [0.1, 0.15) is 5.01 Å². The SMILES string of the molecule is Cc1nnc(NC2CCc3cccnc32)s1. The van der Waals surface area contributed by atoms with Gasteiger partial charge in [-0.1, -0.05) is 17.4 Å². The van der Waals surface area contributed by atoms with Crippen molar-refractivity contribution in [3.05, 3.63) is 34.6 Å². The smallest absolute Gasteiger partial charge is 0.206 e. The van der Waals surface area contributed by atoms with Crippen molar-refractivity contribution in [3.8, 4) is 0 Å². The standard InChI is InChI=1S/C11H12N4S/c1-7-14-15-11(16-7)13-9-5-4-8-3-2-6-12-10(8)9/h2-3,6,9H,4-5H2,1H3,(H,13,15). The summed E-state index contributed by atoms with van der Waals surface area (Å²) in [5, 5.41) is 13.4. The normalized spacial score (nSPS) is 18.4. The molecular weight excluding hydrogens is 220 g/mol. The van der Waals surface area contributed by atoms with Crippen LogP contribution < -0.4 is 5.32 Å². The average molecular weight is 232 g/mol. The fourth-order valence-corrected chi connectivity index (χ4v) is 2.70. The van der Waals surface area contributed by atoms with Crippen LogP contribution in [0.3, 0.4) is 0 Å². The summed E-state index contributed by atoms with van der Waals surface area (Å²) in [7, 11) is 0. The Labute approximate surface area is 97.8 Å². The highest BCUT2D eigenvalue weighted by atomic mass is 32.1. The van der Waals surface area contributed by atoms with Crippen molar-refractivity contribution >= 4 is 16.5 Å². The van der Waals surface area contributed by atoms with Gasteiger partial charge in [-0.05, 0) is 31.4 Å². The first-order valence-corrected chi connectivity index (χ1v) is 6.15. The van der Waals surface area contributed by atoms with Crippen LogP contribution in [0.4, 0.5) is 5.13 Å². The van der Waals surface area contributed by atoms with Gasteiger partial charge >= 0.3 is 0 Å². The number of hydrogen-bond donors (Lipinski definition) is 1. The number of aromatic nitrogens is 3. The van der Waals surface area contributed by atoms with Gasteiger partial charge in [-0.2, -0.15) is 0 Å². The second-order valence-electron chi connectivity index (χ2n) is 3.91. The minimum Gasteiger partial charge on any atom is -0.352 e. The third-order valence-corrected chi connectivity index (χ3v) is 3.55. The molecule has 2 heterocycles. The minimum absolute atomic E-state index is 0.295. The average Bonchev–Trinajstić information content (AvgIpc) is 2.87. The van der Waals surface area contributed by atoms with Gasteiger partial charge in [0, 0.05) is 6.20 Å². The van der Waals surface area contributed by atoms with Crippen LogP contribution in [0.15, 0.2) is 18.3 Å². The molecule has 1 aliphatic rings. The molecule has 1 atom stereocenters. The molecule has 3 rings (SSSR count). The Morgan fingerprint density at radius 1 is 1.44 bits per heavy atom. The van der Waals surface area contributed by atoms with E-state index in [0.717, 1.165) is 28.7 Å². The molecule has 1 unspecified atom stereocenters. The summed E-state index contributed by atoms with van der Waals surface area (Å²) in [5.41, 5.74) is 2.51. The Hall–Kier alpha value is -1.49. The van der Waals surface area contributed by atoms with Crippen molar-refractivity contribution in [2.75, 3.05) is 5.32 Å². The summed E-state index contributed by atoms with van der Waals surface area (Å²) in [4.78, 5) is 4.44. The Morgan fingerprint density at radius 2 is 2.38 bits per heavy atom. The second-order valence-corrected chi connectivity index (χ2v) is 5.09. The molecule has 16 heavy (non-hydrogen) atoms. The molecule has 2 aromatic rings. The van der Waals surface area contributed by atoms with Crippen LogP contribution in [0.1, 0.15) is 28.7 Å². The van der Waals surface area contributed by atoms with Crippen LogP contribution in [0.2, 0.25) is 0 Å². The number of nitrogens with one attached hydrogen (secondary N) is 1. The quantitative estimate of drug-likeness (QED) is 0.863. The van der Waals surface area contributed by atoms with Gasteiger partial charge in [-0.25, -0.2) is 0 Å². The molecule has 0 fully saturated rings. The molecule has 4 nitrogen and oxygen atoms in total. The number of fused-ring (bicyclic) bond motifs is 1. The Kier molecular flexibility index (Phi) is 2.32. The van der Waals surface area contributed by atoms with Crippen LogP contribution >= 0.6 is 11.3 Å². The zero-order valence-corrected chi connectivity index (χ0v) is 9.79. The molecule has 0 amide bonds. The monoisotopic (exact) mass is 232 g/mol. The van der Waals surface area contributed by atoms with Crippen LogP contribution in [0.5, 0.6) is 0 Å². The van der Waals surface area contributed by atoms with E-state index in [0.29, 0.717) is 6.04 Å². The van der Waals surface area contributed by atoms with E-state index < -0.39 is 0 Å². The molecule has 0 spiro atoms. The zero-order chi connectivity index (χ0) is 11.0. The number of aryl methyl sites for hydroxylation is 2. The van der Waals surface area contributed by atoms with Crippen molar-refractivity contribution < 1.29 is 0 Å². The van der Waals surface area contributed by atoms with Gasteiger partial charge in [0.15, 0.2) is 0 Å². The van der Waals surface area contributed by atoms with Crippen LogP contribution in [-0.2, 0) is 6.42 Å². The number of hydrogen-bond acceptors (Lipinski definition) is 5. The van der Waals surface area contributed by atoms with E-state index in [-0.39, 0.29) is 0 Å². The minimum atomic E-state index is 0.295. The van der Waals surface area contributed by atoms with Crippen molar-refractivity contribution in [1.82, 2.24) is 15.2 Å². The number of pyridine rings is 1. The van der Waals surface area contributed by atoms with E-state index in [9.17, 15) is 0 Å². The highest BCUT2D eigenvalue weighted by Crippen LogP contribution is 2.32. The van der Waals surface area contributed by atoms with Gasteiger partial charge in [-0.15, -0.1) is 10.2 Å². The van der Waals surface area contributed by atoms with Gasteiger partial charge in [0.25, 0.3) is 0 Å². The molecular formula is C11H12N4S. The highest BCUT2D eigenvalue weighted by Gasteiger charge is 2.24. The van der Waals surface area contributed by atoms with E-state index in [1.165, 1.54) is 5.56 Å². The van der Waals surface area contributed by atoms with E-state index in [1.54, 1.807) is 11.3 Å². The lowest BCUT2D eigenvalue weighted by Gasteiger charge is -2.10. The molecule has 2 aromatic heterocycles. The van der Waals surface area contributed by atoms with Gasteiger partial charge in [0.2, 0.25) is 5.13 Å². The molecule has 0 radical (unpaired) electrons. The maximum Gasteiger partial charge on any atom is 0.206 e. The maximum absolute atomic E-state index is 4.44. The first-order valence-electron chi connectivity index (χ1n) is 5.33. The summed E-state index contributed by atoms with van der Waals surface area (Å²) in [5.74, 6) is 0. The fourth-order valence-electron chi connectivity index (χ4n) is 2.06. The summed E-state index contributed by atoms with van der Waals surface area (Å²) < 4.78 is 0. The molecule has 1 aliphatic carbocycles. The molecule has 0 saturated carbocycles. The molecule has 0 aliphatic heterocycles. The first-order chi connectivity index (χ1) is 7.83. The third-order valence-electron chi connectivity index (χ3n) is 2.78. The summed E-state index contributed by atoms with van der Waals surface area (Å²) in [6.07, 6.45) is 4.04. The highest BCUT2D eigenvalue weighted by molar-refractivity contribution is 7.15. The van der Waals surface area contributed by atoms with Crippen molar-refractivity contribution in [3.63, 3.8) is 0 Å². The van der Waals surface area contributed by atoms with E-state index in [1.807, 2.05) is 19.2 Å². The molecule has 0 saturated heterocycles. The van der Waals surface area contributed by atoms with Gasteiger partial charge in [0.05, 0.1) is 11.7 Å². The van der Waals surface area contributed by atoms with E-state index in [2.05, 4.69) is 26.6 Å². The van der Waals surface area contributed by atoms with E-state index >= 15 is 0 Å². The lowest BCUT2D eigenvalue weighted by Crippen LogP contribution is -2.08. The molecule has 0 bridgehead atoms. The number of nitrogens with zero attached hydrogens (tertiary/aromatic N) is 3. The van der Waals surface area contributed by atoms with Crippen molar-refractivity contribution in [1.29, 1.82) is 0 Å². The second kappa shape index (κ2) is 3.83. The Balaban J connectivity index is 1.83. The first kappa shape index (κ1) is 9.72. The Morgan fingerprint density at radius 3 is 3.19 bits per heavy atom. The van der Waals surface area contributed by atoms with Gasteiger partial charge < -0.3 is 5.32 Å². The topological polar surface area (TPSA) is 50.7 Å². The molecule has 5 heteroatoms. The van der Waals surface area contributed by atoms with Crippen molar-refractivity contribution in [2.24, 2.45) is 0 Å². The van der Waals surface area contributed by atoms with Gasteiger partial charge in [-0.3, -0.25) is 4.98 Å². The molecule has 1 N–H and O–H groups in total. The lowest BCUT2D eigenvalue weighted by molar-refractivity contribution is 0.742. The summed E-state index contributed by atoms with van der Waals surface area (Å²) in [6, 6.07) is 4.44. The Bertz CT molecular complexity index is 508. The molecule has 0 aromatic carbocycles. The third kappa shape index (κ3) is 1.67. The van der Waals surface area contributed by atoms with E-state index in [4.69, 9.17) is 0 Å². The summed E-state index contributed by atoms with van der Waals surface area (Å²) in [6.45, 7) is 1.96. The summed E-state index contributed by atoms with van der Waals surface area (Å²) >= 11 is 1.59. The number of rotatable bonds is 2. The van der Waals surface area contributed by atoms with Crippen LogP contribution in [-0.4, -0.2) is 15.2 Å². The predicted octanol–water partition coefficient (Wildman–Crippen LogP) is 2.34. The lowest BCUT2D eigenvalue weighted by atomic mass is 10.2. The number of anilines is 1. The van der Waals surface area contributed by atoms with Crippen molar-refractivity contribution in [2.45, 2.75) is 25.8 Å². The zero-order valence-electron chi connectivity index (χ0n) is 8.97. The largest absolute Gasteiger partial charge is 0.352 e. The fraction of sp³-hybridized carbons (Fsp3) is 0.364. The van der Waals surface area contributed by atoms with Crippen LogP contribution in [0.25, 0.3) is 0 Å². The maximum atomic E-state index is 4.44.